The van der Waals surface area contributed by atoms with Gasteiger partial charge in [-0.25, -0.2) is 4.98 Å². The van der Waals surface area contributed by atoms with Crippen LogP contribution in [0.3, 0.4) is 0 Å². The number of rotatable bonds is 5. The summed E-state index contributed by atoms with van der Waals surface area (Å²) in [6.07, 6.45) is 1.81. The molecule has 2 nitrogen and oxygen atoms in total. The molecule has 0 aliphatic rings. The number of pyridine rings is 1. The molecule has 0 radical (unpaired) electrons. The molecule has 1 aromatic heterocycles. The molecule has 0 saturated heterocycles. The first-order chi connectivity index (χ1) is 9.20. The zero-order valence-corrected chi connectivity index (χ0v) is 13.5. The first-order valence-electron chi connectivity index (χ1n) is 6.32. The number of hydrogen-bond donors (Lipinski definition) is 1. The molecule has 1 heterocycles. The number of benzene rings is 1. The summed E-state index contributed by atoms with van der Waals surface area (Å²) < 4.78 is 1.03. The lowest BCUT2D eigenvalue weighted by atomic mass is 10.1. The molecule has 0 amide bonds. The van der Waals surface area contributed by atoms with E-state index in [1.807, 2.05) is 18.3 Å². The third-order valence-corrected chi connectivity index (χ3v) is 4.76. The van der Waals surface area contributed by atoms with Gasteiger partial charge < -0.3 is 5.32 Å². The highest BCUT2D eigenvalue weighted by Gasteiger charge is 2.06. The average Bonchev–Trinajstić information content (AvgIpc) is 2.42. The topological polar surface area (TPSA) is 24.9 Å². The van der Waals surface area contributed by atoms with Crippen LogP contribution in [0, 0.1) is 0 Å². The Morgan fingerprint density at radius 3 is 2.63 bits per heavy atom. The van der Waals surface area contributed by atoms with Crippen molar-refractivity contribution in [3.8, 4) is 0 Å². The van der Waals surface area contributed by atoms with Crippen LogP contribution in [-0.2, 0) is 0 Å². The van der Waals surface area contributed by atoms with Crippen molar-refractivity contribution in [2.45, 2.75) is 29.8 Å². The molecule has 100 valence electrons. The molecule has 1 N–H and O–H groups in total. The average molecular weight is 337 g/mol. The van der Waals surface area contributed by atoms with Gasteiger partial charge in [-0.3, -0.25) is 0 Å². The van der Waals surface area contributed by atoms with E-state index in [1.165, 1.54) is 10.5 Å². The highest BCUT2D eigenvalue weighted by atomic mass is 79.9. The normalized spacial score (nSPS) is 12.4. The predicted octanol–water partition coefficient (Wildman–Crippen LogP) is 4.67. The highest BCUT2D eigenvalue weighted by molar-refractivity contribution is 9.10. The summed E-state index contributed by atoms with van der Waals surface area (Å²) in [6.45, 7) is 5.29. The van der Waals surface area contributed by atoms with Crippen molar-refractivity contribution in [2.24, 2.45) is 0 Å². The van der Waals surface area contributed by atoms with Crippen molar-refractivity contribution in [3.05, 3.63) is 52.6 Å². The molecule has 0 saturated carbocycles. The molecule has 19 heavy (non-hydrogen) atoms. The summed E-state index contributed by atoms with van der Waals surface area (Å²) in [6, 6.07) is 13.0. The predicted molar refractivity (Wildman–Crippen MR) is 84.6 cm³/mol. The largest absolute Gasteiger partial charge is 0.310 e. The van der Waals surface area contributed by atoms with Crippen molar-refractivity contribution in [2.75, 3.05) is 6.54 Å². The van der Waals surface area contributed by atoms with Gasteiger partial charge in [-0.1, -0.05) is 30.8 Å². The van der Waals surface area contributed by atoms with Gasteiger partial charge in [-0.15, -0.1) is 0 Å². The second-order valence-corrected chi connectivity index (χ2v) is 6.16. The van der Waals surface area contributed by atoms with Gasteiger partial charge in [0.15, 0.2) is 0 Å². The second-order valence-electron chi connectivity index (χ2n) is 4.24. The Labute approximate surface area is 127 Å². The van der Waals surface area contributed by atoms with E-state index in [4.69, 9.17) is 0 Å². The van der Waals surface area contributed by atoms with Gasteiger partial charge in [0, 0.05) is 17.1 Å². The number of hydrogen-bond acceptors (Lipinski definition) is 3. The zero-order chi connectivity index (χ0) is 13.7. The van der Waals surface area contributed by atoms with Crippen LogP contribution < -0.4 is 5.32 Å². The summed E-state index contributed by atoms with van der Waals surface area (Å²) in [5.41, 5.74) is 1.31. The summed E-state index contributed by atoms with van der Waals surface area (Å²) in [7, 11) is 0. The van der Waals surface area contributed by atoms with E-state index in [9.17, 15) is 0 Å². The van der Waals surface area contributed by atoms with Gasteiger partial charge in [0.25, 0.3) is 0 Å². The lowest BCUT2D eigenvalue weighted by Crippen LogP contribution is -2.17. The Kier molecular flexibility index (Phi) is 5.43. The van der Waals surface area contributed by atoms with Gasteiger partial charge in [-0.2, -0.15) is 0 Å². The van der Waals surface area contributed by atoms with Crippen LogP contribution in [0.4, 0.5) is 0 Å². The maximum atomic E-state index is 4.36. The number of nitrogens with one attached hydrogen (secondary N) is 1. The van der Waals surface area contributed by atoms with Gasteiger partial charge in [0.05, 0.1) is 4.47 Å². The first kappa shape index (κ1) is 14.6. The molecular formula is C15H17BrN2S. The first-order valence-corrected chi connectivity index (χ1v) is 7.93. The minimum absolute atomic E-state index is 0.394. The van der Waals surface area contributed by atoms with Crippen molar-refractivity contribution in [3.63, 3.8) is 0 Å². The fourth-order valence-electron chi connectivity index (χ4n) is 1.81. The fraction of sp³-hybridized carbons (Fsp3) is 0.267. The maximum Gasteiger partial charge on any atom is 0.115 e. The van der Waals surface area contributed by atoms with Crippen LogP contribution in [0.5, 0.6) is 0 Å². The van der Waals surface area contributed by atoms with Crippen LogP contribution in [0.25, 0.3) is 0 Å². The van der Waals surface area contributed by atoms with E-state index in [0.29, 0.717) is 6.04 Å². The van der Waals surface area contributed by atoms with E-state index in [2.05, 4.69) is 64.3 Å². The minimum Gasteiger partial charge on any atom is -0.310 e. The van der Waals surface area contributed by atoms with Crippen LogP contribution in [0.2, 0.25) is 0 Å². The molecule has 0 fully saturated rings. The molecule has 1 unspecified atom stereocenters. The van der Waals surface area contributed by atoms with Gasteiger partial charge in [0.2, 0.25) is 0 Å². The van der Waals surface area contributed by atoms with Crippen LogP contribution in [0.15, 0.2) is 57.0 Å². The number of nitrogens with zero attached hydrogens (tertiary/aromatic N) is 1. The molecule has 0 aliphatic carbocycles. The van der Waals surface area contributed by atoms with E-state index in [1.54, 1.807) is 11.8 Å². The lowest BCUT2D eigenvalue weighted by Gasteiger charge is -2.13. The second kappa shape index (κ2) is 7.08. The van der Waals surface area contributed by atoms with Gasteiger partial charge >= 0.3 is 0 Å². The van der Waals surface area contributed by atoms with E-state index < -0.39 is 0 Å². The quantitative estimate of drug-likeness (QED) is 0.858. The Balaban J connectivity index is 2.09. The zero-order valence-electron chi connectivity index (χ0n) is 11.1. The van der Waals surface area contributed by atoms with Crippen molar-refractivity contribution in [1.29, 1.82) is 0 Å². The third kappa shape index (κ3) is 4.06. The Morgan fingerprint density at radius 1 is 1.26 bits per heavy atom. The standard InChI is InChI=1S/C15H17BrN2S/c1-3-17-11(2)12-6-8-13(9-7-12)19-15-14(16)5-4-10-18-15/h4-11,17H,3H2,1-2H3. The smallest absolute Gasteiger partial charge is 0.115 e. The van der Waals surface area contributed by atoms with Gasteiger partial charge in [-0.05, 0) is 59.2 Å². The Morgan fingerprint density at radius 2 is 2.00 bits per heavy atom. The monoisotopic (exact) mass is 336 g/mol. The van der Waals surface area contributed by atoms with Gasteiger partial charge in [0.1, 0.15) is 5.03 Å². The maximum absolute atomic E-state index is 4.36. The molecule has 4 heteroatoms. The van der Waals surface area contributed by atoms with Crippen molar-refractivity contribution in [1.82, 2.24) is 10.3 Å². The molecule has 0 spiro atoms. The molecule has 1 atom stereocenters. The molecule has 1 aromatic carbocycles. The summed E-state index contributed by atoms with van der Waals surface area (Å²) in [4.78, 5) is 5.57. The van der Waals surface area contributed by atoms with E-state index in [-0.39, 0.29) is 0 Å². The lowest BCUT2D eigenvalue weighted by molar-refractivity contribution is 0.598. The summed E-state index contributed by atoms with van der Waals surface area (Å²) >= 11 is 5.19. The van der Waals surface area contributed by atoms with Crippen molar-refractivity contribution >= 4 is 27.7 Å². The molecular weight excluding hydrogens is 320 g/mol. The van der Waals surface area contributed by atoms with E-state index in [0.717, 1.165) is 16.0 Å². The Bertz CT molecular complexity index is 528. The molecule has 2 rings (SSSR count). The summed E-state index contributed by atoms with van der Waals surface area (Å²) in [5, 5.41) is 4.41. The number of halogens is 1. The fourth-order valence-corrected chi connectivity index (χ4v) is 3.08. The van der Waals surface area contributed by atoms with Crippen LogP contribution in [0.1, 0.15) is 25.5 Å². The highest BCUT2D eigenvalue weighted by Crippen LogP contribution is 2.31. The molecule has 0 bridgehead atoms. The number of aromatic nitrogens is 1. The van der Waals surface area contributed by atoms with E-state index >= 15 is 0 Å². The Hall–Kier alpha value is -0.840. The van der Waals surface area contributed by atoms with Crippen molar-refractivity contribution < 1.29 is 0 Å². The molecule has 0 aliphatic heterocycles. The summed E-state index contributed by atoms with van der Waals surface area (Å²) in [5.74, 6) is 0. The SMILES string of the molecule is CCNC(C)c1ccc(Sc2ncccc2Br)cc1. The third-order valence-electron chi connectivity index (χ3n) is 2.83. The minimum atomic E-state index is 0.394. The van der Waals surface area contributed by atoms with Crippen LogP contribution in [-0.4, -0.2) is 11.5 Å². The molecule has 2 aromatic rings. The van der Waals surface area contributed by atoms with Crippen LogP contribution >= 0.6 is 27.7 Å².